The summed E-state index contributed by atoms with van der Waals surface area (Å²) in [6, 6.07) is 20.7. The van der Waals surface area contributed by atoms with E-state index in [1.54, 1.807) is 14.2 Å². The van der Waals surface area contributed by atoms with Crippen molar-refractivity contribution in [3.8, 4) is 39.5 Å². The van der Waals surface area contributed by atoms with E-state index in [-0.39, 0.29) is 13.6 Å². The van der Waals surface area contributed by atoms with Crippen LogP contribution >= 0.6 is 0 Å². The second-order valence-corrected chi connectivity index (χ2v) is 16.1. The molecule has 0 fully saturated rings. The highest BCUT2D eigenvalue weighted by Gasteiger charge is 2.46. The fourth-order valence-corrected chi connectivity index (χ4v) is 10.7. The Morgan fingerprint density at radius 2 is 1.00 bits per heavy atom. The highest BCUT2D eigenvalue weighted by Crippen LogP contribution is 2.44. The maximum Gasteiger partial charge on any atom is 0.258 e. The van der Waals surface area contributed by atoms with E-state index in [2.05, 4.69) is 97.0 Å². The zero-order valence-corrected chi connectivity index (χ0v) is 25.5. The fourth-order valence-electron chi connectivity index (χ4n) is 5.49. The van der Waals surface area contributed by atoms with Gasteiger partial charge in [0.25, 0.3) is 8.32 Å². The van der Waals surface area contributed by atoms with Crippen LogP contribution in [0.15, 0.2) is 60.7 Å². The van der Waals surface area contributed by atoms with Gasteiger partial charge in [0.2, 0.25) is 0 Å². The zero-order chi connectivity index (χ0) is 27.9. The largest absolute Gasteiger partial charge is 0.543 e. The average Bonchev–Trinajstić information content (AvgIpc) is 2.89. The first-order valence-electron chi connectivity index (χ1n) is 13.4. The first-order valence-corrected chi connectivity index (χ1v) is 15.6. The quantitative estimate of drug-likeness (QED) is 0.161. The van der Waals surface area contributed by atoms with Crippen molar-refractivity contribution in [3.63, 3.8) is 0 Å². The molecule has 0 aliphatic rings. The fraction of sp³-hybridized carbons (Fsp3) is 0.438. The molecule has 5 nitrogen and oxygen atoms in total. The topological polar surface area (TPSA) is 46.2 Å². The highest BCUT2D eigenvalue weighted by molar-refractivity contribution is 6.78. The van der Waals surface area contributed by atoms with Gasteiger partial charge in [0.1, 0.15) is 17.2 Å². The number of aryl methyl sites for hydroxylation is 1. The van der Waals surface area contributed by atoms with E-state index in [4.69, 9.17) is 23.4 Å². The average molecular weight is 537 g/mol. The molecule has 0 radical (unpaired) electrons. The van der Waals surface area contributed by atoms with Crippen LogP contribution in [-0.2, 0) is 9.47 Å². The van der Waals surface area contributed by atoms with E-state index >= 15 is 0 Å². The van der Waals surface area contributed by atoms with Crippen molar-refractivity contribution in [2.24, 2.45) is 0 Å². The summed E-state index contributed by atoms with van der Waals surface area (Å²) in [4.78, 5) is 0. The number of ether oxygens (including phenoxy) is 4. The number of hydrogen-bond acceptors (Lipinski definition) is 5. The van der Waals surface area contributed by atoms with Gasteiger partial charge in [-0.1, -0.05) is 83.5 Å². The summed E-state index contributed by atoms with van der Waals surface area (Å²) in [6.45, 7) is 16.2. The molecule has 0 amide bonds. The molecule has 0 bridgehead atoms. The van der Waals surface area contributed by atoms with Crippen molar-refractivity contribution in [2.45, 2.75) is 65.1 Å². The van der Waals surface area contributed by atoms with Crippen molar-refractivity contribution in [3.05, 3.63) is 66.2 Å². The molecule has 0 aliphatic heterocycles. The Morgan fingerprint density at radius 3 is 1.37 bits per heavy atom. The third-order valence-corrected chi connectivity index (χ3v) is 13.3. The number of hydrogen-bond donors (Lipinski definition) is 0. The van der Waals surface area contributed by atoms with Crippen LogP contribution in [0.25, 0.3) is 22.3 Å². The summed E-state index contributed by atoms with van der Waals surface area (Å²) < 4.78 is 29.4. The zero-order valence-electron chi connectivity index (χ0n) is 24.5. The van der Waals surface area contributed by atoms with E-state index in [1.807, 2.05) is 12.1 Å². The molecule has 3 aromatic rings. The summed E-state index contributed by atoms with van der Waals surface area (Å²) in [5, 5.41) is 0. The summed E-state index contributed by atoms with van der Waals surface area (Å²) in [7, 11) is 1.20. The molecule has 0 saturated heterocycles. The third kappa shape index (κ3) is 6.60. The van der Waals surface area contributed by atoms with E-state index < -0.39 is 8.32 Å². The van der Waals surface area contributed by atoms with E-state index in [9.17, 15) is 0 Å². The van der Waals surface area contributed by atoms with Crippen LogP contribution in [0.1, 0.15) is 47.1 Å². The molecule has 0 saturated carbocycles. The predicted molar refractivity (Wildman–Crippen MR) is 159 cm³/mol. The normalized spacial score (nSPS) is 11.9. The first kappa shape index (κ1) is 29.7. The van der Waals surface area contributed by atoms with Gasteiger partial charge in [-0.2, -0.15) is 0 Å². The van der Waals surface area contributed by atoms with Crippen LogP contribution in [0.2, 0.25) is 16.6 Å². The summed E-state index contributed by atoms with van der Waals surface area (Å²) in [5.74, 6) is 2.36. The lowest BCUT2D eigenvalue weighted by Crippen LogP contribution is -2.50. The molecular formula is C32H44O5Si. The summed E-state index contributed by atoms with van der Waals surface area (Å²) in [6.07, 6.45) is 0. The van der Waals surface area contributed by atoms with Crippen molar-refractivity contribution >= 4 is 8.32 Å². The highest BCUT2D eigenvalue weighted by atomic mass is 28.4. The number of rotatable bonds is 13. The lowest BCUT2D eigenvalue weighted by Gasteiger charge is -2.42. The molecule has 38 heavy (non-hydrogen) atoms. The number of benzene rings is 3. The lowest BCUT2D eigenvalue weighted by molar-refractivity contribution is 0.0490. The van der Waals surface area contributed by atoms with Crippen LogP contribution in [0.3, 0.4) is 0 Å². The van der Waals surface area contributed by atoms with Gasteiger partial charge in [0.15, 0.2) is 13.6 Å². The van der Waals surface area contributed by atoms with Crippen molar-refractivity contribution in [1.82, 2.24) is 0 Å². The summed E-state index contributed by atoms with van der Waals surface area (Å²) >= 11 is 0. The summed E-state index contributed by atoms with van der Waals surface area (Å²) in [5.41, 5.74) is 6.60. The van der Waals surface area contributed by atoms with E-state index in [1.165, 1.54) is 5.56 Å². The molecule has 3 aromatic carbocycles. The minimum Gasteiger partial charge on any atom is -0.543 e. The van der Waals surface area contributed by atoms with Gasteiger partial charge in [0, 0.05) is 25.3 Å². The number of methoxy groups -OCH3 is 2. The van der Waals surface area contributed by atoms with Crippen molar-refractivity contribution in [1.29, 1.82) is 0 Å². The SMILES string of the molecule is COCOc1cc(-c2ccc(O[Si](C(C)C)(C(C)C)C(C)C)cc2)c(OCOC)cc1-c1ccc(C)cc1. The minimum atomic E-state index is -2.04. The van der Waals surface area contributed by atoms with Crippen molar-refractivity contribution < 1.29 is 23.4 Å². The second-order valence-electron chi connectivity index (χ2n) is 10.8. The molecule has 3 rings (SSSR count). The van der Waals surface area contributed by atoms with Crippen LogP contribution in [0.4, 0.5) is 0 Å². The Labute approximate surface area is 230 Å². The van der Waals surface area contributed by atoms with Gasteiger partial charge in [-0.3, -0.25) is 0 Å². The van der Waals surface area contributed by atoms with Crippen molar-refractivity contribution in [2.75, 3.05) is 27.8 Å². The van der Waals surface area contributed by atoms with Gasteiger partial charge >= 0.3 is 0 Å². The smallest absolute Gasteiger partial charge is 0.258 e. The Hall–Kier alpha value is -2.80. The Kier molecular flexibility index (Phi) is 10.4. The molecule has 0 unspecified atom stereocenters. The lowest BCUT2D eigenvalue weighted by atomic mass is 9.97. The Bertz CT molecular complexity index is 1130. The van der Waals surface area contributed by atoms with Crippen LogP contribution < -0.4 is 13.9 Å². The Morgan fingerprint density at radius 1 is 0.605 bits per heavy atom. The monoisotopic (exact) mass is 536 g/mol. The standard InChI is InChI=1S/C32H44O5Si/c1-22(2)38(23(3)4,24(5)6)37-28-16-14-27(15-17-28)30-19-31(35-20-33-8)29(18-32(30)36-21-34-9)26-12-10-25(7)11-13-26/h10-19,22-24H,20-21H2,1-9H3. The molecule has 0 N–H and O–H groups in total. The molecule has 0 aliphatic carbocycles. The van der Waals surface area contributed by atoms with Gasteiger partial charge in [-0.05, 0) is 58.9 Å². The molecule has 0 heterocycles. The van der Waals surface area contributed by atoms with Gasteiger partial charge < -0.3 is 23.4 Å². The van der Waals surface area contributed by atoms with E-state index in [0.29, 0.717) is 16.6 Å². The van der Waals surface area contributed by atoms with Crippen LogP contribution in [0, 0.1) is 6.92 Å². The minimum absolute atomic E-state index is 0.144. The van der Waals surface area contributed by atoms with Gasteiger partial charge in [-0.15, -0.1) is 0 Å². The van der Waals surface area contributed by atoms with Gasteiger partial charge in [0.05, 0.1) is 0 Å². The Balaban J connectivity index is 2.07. The second kappa shape index (κ2) is 13.3. The first-order chi connectivity index (χ1) is 18.1. The molecule has 0 spiro atoms. The molecule has 206 valence electrons. The molecule has 0 aromatic heterocycles. The molecular weight excluding hydrogens is 492 g/mol. The maximum atomic E-state index is 6.88. The van der Waals surface area contributed by atoms with E-state index in [0.717, 1.165) is 39.5 Å². The predicted octanol–water partition coefficient (Wildman–Crippen LogP) is 8.85. The molecule has 6 heteroatoms. The molecule has 0 atom stereocenters. The third-order valence-electron chi connectivity index (χ3n) is 7.28. The van der Waals surface area contributed by atoms with Gasteiger partial charge in [-0.25, -0.2) is 0 Å². The maximum absolute atomic E-state index is 6.88. The van der Waals surface area contributed by atoms with Crippen LogP contribution in [0.5, 0.6) is 17.2 Å². The van der Waals surface area contributed by atoms with Crippen LogP contribution in [-0.4, -0.2) is 36.1 Å².